The molecule has 0 spiro atoms. The van der Waals surface area contributed by atoms with Crippen LogP contribution < -0.4 is 5.32 Å². The maximum Gasteiger partial charge on any atom is 0.255 e. The zero-order chi connectivity index (χ0) is 28.1. The quantitative estimate of drug-likeness (QED) is 0.380. The lowest BCUT2D eigenvalue weighted by Gasteiger charge is -2.45. The molecule has 2 aromatic carbocycles. The van der Waals surface area contributed by atoms with E-state index < -0.39 is 56.2 Å². The number of anilines is 1. The van der Waals surface area contributed by atoms with Gasteiger partial charge in [-0.2, -0.15) is 0 Å². The molecule has 11 heteroatoms. The van der Waals surface area contributed by atoms with Gasteiger partial charge in [0.15, 0.2) is 21.5 Å². The molecule has 2 aliphatic carbocycles. The van der Waals surface area contributed by atoms with Crippen LogP contribution in [-0.2, 0) is 9.84 Å². The van der Waals surface area contributed by atoms with Crippen LogP contribution in [0.3, 0.4) is 0 Å². The van der Waals surface area contributed by atoms with Gasteiger partial charge in [-0.05, 0) is 86.9 Å². The number of nitrogens with zero attached hydrogens (tertiary/aromatic N) is 1. The number of nitrogens with one attached hydrogen (secondary N) is 1. The van der Waals surface area contributed by atoms with Gasteiger partial charge in [0.1, 0.15) is 11.7 Å². The number of benzene rings is 2. The van der Waals surface area contributed by atoms with E-state index in [0.717, 1.165) is 12.1 Å². The Morgan fingerprint density at radius 3 is 2.41 bits per heavy atom. The third-order valence-corrected chi connectivity index (χ3v) is 10.7. The Morgan fingerprint density at radius 2 is 1.77 bits per heavy atom. The minimum atomic E-state index is -4.04. The number of rotatable bonds is 6. The number of aromatic nitrogens is 1. The molecule has 1 aromatic heterocycles. The second-order valence-electron chi connectivity index (χ2n) is 10.3. The molecule has 2 unspecified atom stereocenters. The van der Waals surface area contributed by atoms with Crippen LogP contribution in [0.2, 0.25) is 5.02 Å². The van der Waals surface area contributed by atoms with Crippen LogP contribution >= 0.6 is 11.6 Å². The number of aliphatic hydroxyl groups excluding tert-OH is 1. The number of halogens is 3. The Kier molecular flexibility index (Phi) is 7.26. The van der Waals surface area contributed by atoms with E-state index in [2.05, 4.69) is 10.3 Å². The fourth-order valence-corrected chi connectivity index (χ4v) is 8.42. The van der Waals surface area contributed by atoms with Gasteiger partial charge in [-0.1, -0.05) is 17.7 Å². The highest BCUT2D eigenvalue weighted by atomic mass is 35.5. The first-order chi connectivity index (χ1) is 18.4. The lowest BCUT2D eigenvalue weighted by molar-refractivity contribution is -0.145. The number of sulfone groups is 1. The predicted octanol–water partition coefficient (Wildman–Crippen LogP) is 5.00. The monoisotopic (exact) mass is 576 g/mol. The van der Waals surface area contributed by atoms with Crippen molar-refractivity contribution in [1.29, 1.82) is 0 Å². The van der Waals surface area contributed by atoms with Gasteiger partial charge in [-0.15, -0.1) is 0 Å². The van der Waals surface area contributed by atoms with Gasteiger partial charge in [0, 0.05) is 23.0 Å². The van der Waals surface area contributed by atoms with Crippen molar-refractivity contribution in [3.05, 3.63) is 88.2 Å². The molecule has 3 aromatic rings. The van der Waals surface area contributed by atoms with E-state index in [1.54, 1.807) is 25.1 Å². The van der Waals surface area contributed by atoms with Crippen LogP contribution in [0, 0.1) is 30.4 Å². The summed E-state index contributed by atoms with van der Waals surface area (Å²) in [6.45, 7) is 1.79. The fraction of sp³-hybridized carbons (Fsp3) is 0.357. The summed E-state index contributed by atoms with van der Waals surface area (Å²) in [5, 5.41) is 24.3. The van der Waals surface area contributed by atoms with Gasteiger partial charge in [-0.3, -0.25) is 9.78 Å². The molecule has 39 heavy (non-hydrogen) atoms. The van der Waals surface area contributed by atoms with Gasteiger partial charge in [0.05, 0.1) is 20.9 Å². The molecule has 1 heterocycles. The van der Waals surface area contributed by atoms with Crippen molar-refractivity contribution in [2.75, 3.05) is 5.32 Å². The van der Waals surface area contributed by atoms with Crippen molar-refractivity contribution >= 4 is 33.0 Å². The molecule has 0 saturated heterocycles. The first-order valence-electron chi connectivity index (χ1n) is 12.5. The Hall–Kier alpha value is -2.92. The van der Waals surface area contributed by atoms with E-state index in [-0.39, 0.29) is 34.0 Å². The molecule has 2 aliphatic rings. The Bertz CT molecular complexity index is 1540. The number of hydrogen-bond acceptors (Lipinski definition) is 6. The number of amides is 1. The van der Waals surface area contributed by atoms with Crippen molar-refractivity contribution in [2.45, 2.75) is 54.5 Å². The minimum Gasteiger partial charge on any atom is -0.386 e. The lowest BCUT2D eigenvalue weighted by atomic mass is 9.70. The Balaban J connectivity index is 1.39. The summed E-state index contributed by atoms with van der Waals surface area (Å²) in [5.41, 5.74) is -0.495. The van der Waals surface area contributed by atoms with Crippen molar-refractivity contribution in [2.24, 2.45) is 11.8 Å². The number of hydrogen-bond donors (Lipinski definition) is 3. The second-order valence-corrected chi connectivity index (χ2v) is 12.9. The van der Waals surface area contributed by atoms with Crippen LogP contribution in [-0.4, -0.2) is 40.4 Å². The third-order valence-electron chi connectivity index (χ3n) is 8.01. The van der Waals surface area contributed by atoms with Gasteiger partial charge >= 0.3 is 0 Å². The summed E-state index contributed by atoms with van der Waals surface area (Å²) in [4.78, 5) is 16.9. The molecule has 7 nitrogen and oxygen atoms in total. The Morgan fingerprint density at radius 1 is 1.08 bits per heavy atom. The first-order valence-corrected chi connectivity index (χ1v) is 14.5. The average molecular weight is 577 g/mol. The van der Waals surface area contributed by atoms with E-state index in [0.29, 0.717) is 24.2 Å². The van der Waals surface area contributed by atoms with Crippen molar-refractivity contribution in [1.82, 2.24) is 4.98 Å². The number of aryl methyl sites for hydroxylation is 1. The highest BCUT2D eigenvalue weighted by molar-refractivity contribution is 7.92. The predicted molar refractivity (Wildman–Crippen MR) is 141 cm³/mol. The molecule has 0 aliphatic heterocycles. The molecule has 2 fully saturated rings. The van der Waals surface area contributed by atoms with Crippen molar-refractivity contribution in [3.8, 4) is 0 Å². The molecule has 206 valence electrons. The van der Waals surface area contributed by atoms with Crippen LogP contribution in [0.4, 0.5) is 14.5 Å². The minimum absolute atomic E-state index is 0.00283. The van der Waals surface area contributed by atoms with Crippen LogP contribution in [0.1, 0.15) is 53.5 Å². The topological polar surface area (TPSA) is 117 Å². The highest BCUT2D eigenvalue weighted by Crippen LogP contribution is 2.56. The third kappa shape index (κ3) is 4.95. The smallest absolute Gasteiger partial charge is 0.255 e. The summed E-state index contributed by atoms with van der Waals surface area (Å²) in [5.74, 6) is -3.88. The standard InChI is InChI=1S/C28H27ClF2N2O5S/c1-15-3-2-4-24(32-15)26(34)28(36)17-6-7-18(28)13-20(12-17)39(37,38)25-11-16(5-9-21(25)29)27(35)33-19-8-10-22(30)23(31)14-19/h2-5,8-11,14,17-18,20,26,34,36H,6-7,12-13H2,1H3,(H,33,35)/t17?,18?,20?,26-,28?/m0/s1. The summed E-state index contributed by atoms with van der Waals surface area (Å²) >= 11 is 6.29. The number of carbonyl (C=O) groups excluding carboxylic acids is 1. The van der Waals surface area contributed by atoms with Gasteiger partial charge in [-0.25, -0.2) is 17.2 Å². The van der Waals surface area contributed by atoms with E-state index in [9.17, 15) is 32.2 Å². The number of fused-ring (bicyclic) bond motifs is 2. The summed E-state index contributed by atoms with van der Waals surface area (Å²) in [7, 11) is -4.04. The van der Waals surface area contributed by atoms with Gasteiger partial charge in [0.25, 0.3) is 5.91 Å². The molecule has 3 N–H and O–H groups in total. The molecular weight excluding hydrogens is 550 g/mol. The van der Waals surface area contributed by atoms with E-state index >= 15 is 0 Å². The van der Waals surface area contributed by atoms with E-state index in [1.165, 1.54) is 24.3 Å². The second kappa shape index (κ2) is 10.2. The van der Waals surface area contributed by atoms with Crippen LogP contribution in [0.15, 0.2) is 59.5 Å². The lowest BCUT2D eigenvalue weighted by Crippen LogP contribution is -2.52. The largest absolute Gasteiger partial charge is 0.386 e. The fourth-order valence-electron chi connectivity index (χ4n) is 6.01. The van der Waals surface area contributed by atoms with Crippen molar-refractivity contribution in [3.63, 3.8) is 0 Å². The molecule has 0 radical (unpaired) electrons. The molecule has 2 saturated carbocycles. The Labute approximate surface area is 229 Å². The average Bonchev–Trinajstić information content (AvgIpc) is 3.05. The maximum atomic E-state index is 13.8. The zero-order valence-corrected chi connectivity index (χ0v) is 22.5. The highest BCUT2D eigenvalue weighted by Gasteiger charge is 2.59. The van der Waals surface area contributed by atoms with Gasteiger partial charge in [0.2, 0.25) is 0 Å². The SMILES string of the molecule is Cc1cccc([C@H](O)C2(O)C3CCC2CC(S(=O)(=O)c2cc(C(=O)Nc4ccc(F)c(F)c4)ccc2Cl)C3)n1. The van der Waals surface area contributed by atoms with Gasteiger partial charge < -0.3 is 15.5 Å². The maximum absolute atomic E-state index is 13.8. The summed E-state index contributed by atoms with van der Waals surface area (Å²) < 4.78 is 54.3. The van der Waals surface area contributed by atoms with Crippen LogP contribution in [0.25, 0.3) is 0 Å². The summed E-state index contributed by atoms with van der Waals surface area (Å²) in [6.07, 6.45) is 0.0751. The molecule has 3 atom stereocenters. The van der Waals surface area contributed by atoms with E-state index in [1.807, 2.05) is 0 Å². The molecule has 5 rings (SSSR count). The number of carbonyl (C=O) groups is 1. The van der Waals surface area contributed by atoms with Crippen LogP contribution in [0.5, 0.6) is 0 Å². The summed E-state index contributed by atoms with van der Waals surface area (Å²) in [6, 6.07) is 11.9. The van der Waals surface area contributed by atoms with Crippen molar-refractivity contribution < 1.29 is 32.2 Å². The molecule has 2 bridgehead atoms. The normalized spacial score (nSPS) is 25.3. The number of aliphatic hydroxyl groups is 2. The first kappa shape index (κ1) is 27.6. The molecule has 1 amide bonds. The number of pyridine rings is 1. The zero-order valence-electron chi connectivity index (χ0n) is 20.9. The molecular formula is C28H27ClF2N2O5S. The van der Waals surface area contributed by atoms with E-state index in [4.69, 9.17) is 11.6 Å².